The van der Waals surface area contributed by atoms with Crippen LogP contribution >= 0.6 is 0 Å². The molecule has 17 heavy (non-hydrogen) atoms. The summed E-state index contributed by atoms with van der Waals surface area (Å²) in [6.07, 6.45) is 3.26. The largest absolute Gasteiger partial charge is 0.491 e. The molecule has 1 heterocycles. The average molecular weight is 232 g/mol. The number of aromatic nitrogens is 1. The summed E-state index contributed by atoms with van der Waals surface area (Å²) in [7, 11) is 2.06. The van der Waals surface area contributed by atoms with E-state index in [1.807, 2.05) is 19.9 Å². The molecule has 3 heteroatoms. The van der Waals surface area contributed by atoms with Gasteiger partial charge in [-0.05, 0) is 50.6 Å². The Balaban J connectivity index is 2.46. The van der Waals surface area contributed by atoms with E-state index < -0.39 is 0 Å². The van der Waals surface area contributed by atoms with Crippen LogP contribution in [0.3, 0.4) is 0 Å². The van der Waals surface area contributed by atoms with Gasteiger partial charge in [-0.1, -0.05) is 0 Å². The third-order valence-corrected chi connectivity index (χ3v) is 2.83. The van der Waals surface area contributed by atoms with Crippen LogP contribution in [0, 0.1) is 0 Å². The fourth-order valence-corrected chi connectivity index (χ4v) is 2.15. The van der Waals surface area contributed by atoms with Gasteiger partial charge in [0.15, 0.2) is 0 Å². The first kappa shape index (κ1) is 12.0. The molecule has 0 bridgehead atoms. The van der Waals surface area contributed by atoms with E-state index in [9.17, 15) is 0 Å². The molecule has 0 unspecified atom stereocenters. The third kappa shape index (κ3) is 2.44. The molecule has 2 N–H and O–H groups in total. The summed E-state index contributed by atoms with van der Waals surface area (Å²) in [6, 6.07) is 6.24. The highest BCUT2D eigenvalue weighted by Crippen LogP contribution is 2.26. The van der Waals surface area contributed by atoms with Crippen LogP contribution in [0.25, 0.3) is 10.9 Å². The number of hydrogen-bond donors (Lipinski definition) is 1. The summed E-state index contributed by atoms with van der Waals surface area (Å²) in [5.74, 6) is 0.928. The minimum absolute atomic E-state index is 0.203. The fourth-order valence-electron chi connectivity index (χ4n) is 2.15. The molecule has 0 aliphatic heterocycles. The maximum Gasteiger partial charge on any atom is 0.120 e. The summed E-state index contributed by atoms with van der Waals surface area (Å²) < 4.78 is 7.86. The van der Waals surface area contributed by atoms with Gasteiger partial charge in [-0.2, -0.15) is 0 Å². The van der Waals surface area contributed by atoms with E-state index in [1.54, 1.807) is 0 Å². The Morgan fingerprint density at radius 1 is 1.35 bits per heavy atom. The van der Waals surface area contributed by atoms with Gasteiger partial charge in [-0.15, -0.1) is 0 Å². The Bertz CT molecular complexity index is 514. The highest BCUT2D eigenvalue weighted by Gasteiger charge is 2.07. The van der Waals surface area contributed by atoms with Crippen molar-refractivity contribution in [3.05, 3.63) is 30.0 Å². The highest BCUT2D eigenvalue weighted by molar-refractivity contribution is 5.85. The summed E-state index contributed by atoms with van der Waals surface area (Å²) in [5, 5.41) is 1.25. The molecule has 0 atom stereocenters. The van der Waals surface area contributed by atoms with Gasteiger partial charge in [0, 0.05) is 24.1 Å². The molecule has 1 aromatic heterocycles. The number of hydrogen-bond acceptors (Lipinski definition) is 2. The van der Waals surface area contributed by atoms with Crippen LogP contribution in [-0.2, 0) is 13.5 Å². The third-order valence-electron chi connectivity index (χ3n) is 2.83. The number of aryl methyl sites for hydroxylation is 1. The topological polar surface area (TPSA) is 40.2 Å². The predicted octanol–water partition coefficient (Wildman–Crippen LogP) is 2.47. The fraction of sp³-hybridized carbons (Fsp3) is 0.429. The maximum absolute atomic E-state index is 5.72. The molecule has 0 aliphatic rings. The number of nitrogens with two attached hydrogens (primary N) is 1. The lowest BCUT2D eigenvalue weighted by Gasteiger charge is -2.10. The first-order valence-corrected chi connectivity index (χ1v) is 6.06. The quantitative estimate of drug-likeness (QED) is 0.879. The molecule has 2 aromatic rings. The van der Waals surface area contributed by atoms with Crippen LogP contribution in [0.1, 0.15) is 19.4 Å². The van der Waals surface area contributed by atoms with Crippen LogP contribution in [0.5, 0.6) is 5.75 Å². The minimum Gasteiger partial charge on any atom is -0.491 e. The van der Waals surface area contributed by atoms with Gasteiger partial charge in [0.25, 0.3) is 0 Å². The molecule has 0 radical (unpaired) electrons. The van der Waals surface area contributed by atoms with Crippen molar-refractivity contribution in [3.63, 3.8) is 0 Å². The normalized spacial score (nSPS) is 11.4. The van der Waals surface area contributed by atoms with E-state index in [0.29, 0.717) is 6.54 Å². The van der Waals surface area contributed by atoms with E-state index in [2.05, 4.69) is 29.9 Å². The van der Waals surface area contributed by atoms with Crippen molar-refractivity contribution in [1.29, 1.82) is 0 Å². The molecule has 1 aromatic carbocycles. The molecule has 0 aliphatic carbocycles. The second-order valence-electron chi connectivity index (χ2n) is 4.65. The van der Waals surface area contributed by atoms with Gasteiger partial charge in [0.05, 0.1) is 6.10 Å². The number of benzene rings is 1. The van der Waals surface area contributed by atoms with Crippen LogP contribution in [0.4, 0.5) is 0 Å². The standard InChI is InChI=1S/C14H20N2O/c1-10(2)17-12-4-5-14-13(8-12)11(6-7-15)9-16(14)3/h4-5,8-10H,6-7,15H2,1-3H3. The van der Waals surface area contributed by atoms with Gasteiger partial charge in [-0.25, -0.2) is 0 Å². The van der Waals surface area contributed by atoms with Crippen LogP contribution in [0.15, 0.2) is 24.4 Å². The molecule has 0 fully saturated rings. The molecule has 0 saturated heterocycles. The zero-order valence-corrected chi connectivity index (χ0v) is 10.7. The number of fused-ring (bicyclic) bond motifs is 1. The van der Waals surface area contributed by atoms with Crippen molar-refractivity contribution in [2.24, 2.45) is 12.8 Å². The van der Waals surface area contributed by atoms with Crippen molar-refractivity contribution in [2.45, 2.75) is 26.4 Å². The molecule has 3 nitrogen and oxygen atoms in total. The minimum atomic E-state index is 0.203. The van der Waals surface area contributed by atoms with E-state index in [0.717, 1.165) is 12.2 Å². The smallest absolute Gasteiger partial charge is 0.120 e. The van der Waals surface area contributed by atoms with E-state index >= 15 is 0 Å². The van der Waals surface area contributed by atoms with Gasteiger partial charge >= 0.3 is 0 Å². The number of ether oxygens (including phenoxy) is 1. The lowest BCUT2D eigenvalue weighted by molar-refractivity contribution is 0.243. The zero-order chi connectivity index (χ0) is 12.4. The molecular formula is C14H20N2O. The van der Waals surface area contributed by atoms with E-state index in [4.69, 9.17) is 10.5 Å². The summed E-state index contributed by atoms with van der Waals surface area (Å²) in [6.45, 7) is 4.75. The van der Waals surface area contributed by atoms with Gasteiger partial charge in [-0.3, -0.25) is 0 Å². The van der Waals surface area contributed by atoms with Gasteiger partial charge in [0.1, 0.15) is 5.75 Å². The van der Waals surface area contributed by atoms with Gasteiger partial charge < -0.3 is 15.0 Å². The average Bonchev–Trinajstić information content (AvgIpc) is 2.55. The number of nitrogens with zero attached hydrogens (tertiary/aromatic N) is 1. The number of rotatable bonds is 4. The van der Waals surface area contributed by atoms with Crippen molar-refractivity contribution in [3.8, 4) is 5.75 Å². The molecule has 92 valence electrons. The Morgan fingerprint density at radius 2 is 2.12 bits per heavy atom. The van der Waals surface area contributed by atoms with E-state index in [1.165, 1.54) is 16.5 Å². The Hall–Kier alpha value is -1.48. The SMILES string of the molecule is CC(C)Oc1ccc2c(c1)c(CCN)cn2C. The monoisotopic (exact) mass is 232 g/mol. The van der Waals surface area contributed by atoms with E-state index in [-0.39, 0.29) is 6.10 Å². The van der Waals surface area contributed by atoms with Crippen molar-refractivity contribution >= 4 is 10.9 Å². The van der Waals surface area contributed by atoms with Crippen LogP contribution < -0.4 is 10.5 Å². The molecular weight excluding hydrogens is 212 g/mol. The zero-order valence-electron chi connectivity index (χ0n) is 10.7. The van der Waals surface area contributed by atoms with Crippen molar-refractivity contribution < 1.29 is 4.74 Å². The molecule has 0 spiro atoms. The molecule has 0 amide bonds. The lowest BCUT2D eigenvalue weighted by atomic mass is 10.1. The first-order valence-electron chi connectivity index (χ1n) is 6.06. The molecule has 0 saturated carbocycles. The Morgan fingerprint density at radius 3 is 2.76 bits per heavy atom. The second-order valence-corrected chi connectivity index (χ2v) is 4.65. The Kier molecular flexibility index (Phi) is 3.38. The molecule has 2 rings (SSSR count). The summed E-state index contributed by atoms with van der Waals surface area (Å²) in [5.41, 5.74) is 8.16. The summed E-state index contributed by atoms with van der Waals surface area (Å²) in [4.78, 5) is 0. The maximum atomic E-state index is 5.72. The first-order chi connectivity index (χ1) is 8.11. The second kappa shape index (κ2) is 4.80. The predicted molar refractivity (Wildman–Crippen MR) is 71.4 cm³/mol. The Labute approximate surface area is 102 Å². The van der Waals surface area contributed by atoms with Crippen LogP contribution in [-0.4, -0.2) is 17.2 Å². The van der Waals surface area contributed by atoms with Gasteiger partial charge in [0.2, 0.25) is 0 Å². The lowest BCUT2D eigenvalue weighted by Crippen LogP contribution is -2.05. The van der Waals surface area contributed by atoms with Crippen LogP contribution in [0.2, 0.25) is 0 Å². The highest BCUT2D eigenvalue weighted by atomic mass is 16.5. The van der Waals surface area contributed by atoms with Crippen molar-refractivity contribution in [2.75, 3.05) is 6.54 Å². The van der Waals surface area contributed by atoms with Crippen molar-refractivity contribution in [1.82, 2.24) is 4.57 Å². The summed E-state index contributed by atoms with van der Waals surface area (Å²) >= 11 is 0.